The van der Waals surface area contributed by atoms with Crippen molar-refractivity contribution in [1.82, 2.24) is 14.9 Å². The van der Waals surface area contributed by atoms with E-state index in [1.165, 1.54) is 17.4 Å². The predicted octanol–water partition coefficient (Wildman–Crippen LogP) is 5.56. The van der Waals surface area contributed by atoms with Gasteiger partial charge < -0.3 is 9.32 Å². The molecule has 1 atom stereocenters. The van der Waals surface area contributed by atoms with Gasteiger partial charge in [-0.25, -0.2) is 9.37 Å². The normalized spacial score (nSPS) is 21.9. The fourth-order valence-corrected chi connectivity index (χ4v) is 5.04. The van der Waals surface area contributed by atoms with Gasteiger partial charge in [0, 0.05) is 12.1 Å². The molecule has 0 saturated carbocycles. The van der Waals surface area contributed by atoms with Crippen LogP contribution in [0.4, 0.5) is 23.2 Å². The highest BCUT2D eigenvalue weighted by atomic mass is 32.1. The molecule has 12 heteroatoms. The average molecular weight is 534 g/mol. The second kappa shape index (κ2) is 9.37. The minimum absolute atomic E-state index is 0.183. The van der Waals surface area contributed by atoms with Crippen molar-refractivity contribution in [1.29, 1.82) is 5.26 Å². The van der Waals surface area contributed by atoms with Crippen LogP contribution in [0.2, 0.25) is 0 Å². The summed E-state index contributed by atoms with van der Waals surface area (Å²) in [7, 11) is 0. The van der Waals surface area contributed by atoms with Crippen molar-refractivity contribution < 1.29 is 26.8 Å². The molecule has 1 aliphatic carbocycles. The Morgan fingerprint density at radius 1 is 1.22 bits per heavy atom. The van der Waals surface area contributed by atoms with Gasteiger partial charge in [-0.15, -0.1) is 0 Å². The van der Waals surface area contributed by atoms with E-state index >= 15 is 4.39 Å². The fraction of sp³-hybridized carbons (Fsp3) is 0.400. The first-order chi connectivity index (χ1) is 17.3. The second-order valence-corrected chi connectivity index (χ2v) is 9.89. The molecule has 1 amide bonds. The van der Waals surface area contributed by atoms with Crippen LogP contribution in [0.15, 0.2) is 58.4 Å². The summed E-state index contributed by atoms with van der Waals surface area (Å²) in [6, 6.07) is 5.02. The quantitative estimate of drug-likeness (QED) is 0.355. The topological polar surface area (TPSA) is 86.3 Å². The number of carbonyl (C=O) groups excluding carboxylic acids is 1. The van der Waals surface area contributed by atoms with Crippen molar-refractivity contribution in [2.24, 2.45) is 5.41 Å². The molecule has 3 heterocycles. The number of halogens is 4. The fourth-order valence-electron chi connectivity index (χ4n) is 4.53. The van der Waals surface area contributed by atoms with Crippen LogP contribution in [-0.2, 0) is 17.6 Å². The van der Waals surface area contributed by atoms with E-state index in [-0.39, 0.29) is 5.11 Å². The Bertz CT molecular complexity index is 1330. The number of alkyl halides is 3. The van der Waals surface area contributed by atoms with Crippen molar-refractivity contribution in [2.75, 3.05) is 4.90 Å². The largest absolute Gasteiger partial charge is 0.449 e. The number of aromatic nitrogens is 2. The molecule has 0 radical (unpaired) electrons. The van der Waals surface area contributed by atoms with Crippen LogP contribution in [-0.4, -0.2) is 37.6 Å². The van der Waals surface area contributed by atoms with Gasteiger partial charge in [-0.3, -0.25) is 14.7 Å². The molecule has 0 bridgehead atoms. The van der Waals surface area contributed by atoms with Crippen molar-refractivity contribution in [2.45, 2.75) is 58.2 Å². The summed E-state index contributed by atoms with van der Waals surface area (Å²) in [5.74, 6) is -1.76. The van der Waals surface area contributed by atoms with Crippen LogP contribution in [0.3, 0.4) is 0 Å². The molecule has 2 aromatic heterocycles. The lowest BCUT2D eigenvalue weighted by Gasteiger charge is -2.32. The van der Waals surface area contributed by atoms with Gasteiger partial charge in [-0.05, 0) is 64.4 Å². The Morgan fingerprint density at radius 3 is 2.51 bits per heavy atom. The standard InChI is InChI=1S/C25H23F4N5O2S/c1-23(2)21(35)33(17-9-10-24(3,14-30)20(19(17)26)25(27,28)29)22(37)34(23)16-8-7-15(32-13-16)5-4-6-18-31-11-12-36-18/h7-9,11-13H,4-6,10H2,1-3H3. The molecule has 1 fully saturated rings. The number of pyridine rings is 1. The van der Waals surface area contributed by atoms with E-state index in [2.05, 4.69) is 9.97 Å². The van der Waals surface area contributed by atoms with E-state index in [0.29, 0.717) is 24.4 Å². The van der Waals surface area contributed by atoms with E-state index < -0.39 is 46.6 Å². The number of oxazole rings is 1. The summed E-state index contributed by atoms with van der Waals surface area (Å²) < 4.78 is 62.0. The minimum atomic E-state index is -5.11. The molecule has 1 aliphatic heterocycles. The summed E-state index contributed by atoms with van der Waals surface area (Å²) in [4.78, 5) is 24.1. The summed E-state index contributed by atoms with van der Waals surface area (Å²) in [5.41, 5.74) is -4.49. The molecule has 4 rings (SSSR count). The van der Waals surface area contributed by atoms with Crippen LogP contribution in [0.5, 0.6) is 0 Å². The Balaban J connectivity index is 1.60. The van der Waals surface area contributed by atoms with Gasteiger partial charge in [0.2, 0.25) is 0 Å². The molecular weight excluding hydrogens is 510 g/mol. The van der Waals surface area contributed by atoms with Gasteiger partial charge in [0.25, 0.3) is 5.91 Å². The second-order valence-electron chi connectivity index (χ2n) is 9.53. The zero-order valence-corrected chi connectivity index (χ0v) is 21.1. The maximum absolute atomic E-state index is 15.4. The van der Waals surface area contributed by atoms with Gasteiger partial charge in [0.1, 0.15) is 11.8 Å². The van der Waals surface area contributed by atoms with Crippen molar-refractivity contribution in [3.63, 3.8) is 0 Å². The van der Waals surface area contributed by atoms with Gasteiger partial charge in [-0.2, -0.15) is 18.4 Å². The van der Waals surface area contributed by atoms with Crippen molar-refractivity contribution in [3.05, 3.63) is 65.5 Å². The van der Waals surface area contributed by atoms with Crippen LogP contribution in [0.1, 0.15) is 45.2 Å². The zero-order valence-electron chi connectivity index (χ0n) is 20.3. The molecule has 194 valence electrons. The van der Waals surface area contributed by atoms with Gasteiger partial charge in [0.15, 0.2) is 16.8 Å². The minimum Gasteiger partial charge on any atom is -0.449 e. The molecule has 0 spiro atoms. The van der Waals surface area contributed by atoms with Gasteiger partial charge in [-0.1, -0.05) is 6.08 Å². The van der Waals surface area contributed by atoms with E-state index in [0.717, 1.165) is 30.0 Å². The highest BCUT2D eigenvalue weighted by Crippen LogP contribution is 2.50. The third-order valence-corrected chi connectivity index (χ3v) is 6.88. The molecule has 37 heavy (non-hydrogen) atoms. The first kappa shape index (κ1) is 26.5. The van der Waals surface area contributed by atoms with Crippen LogP contribution < -0.4 is 4.90 Å². The number of aryl methyl sites for hydroxylation is 2. The van der Waals surface area contributed by atoms with E-state index in [4.69, 9.17) is 16.6 Å². The first-order valence-corrected chi connectivity index (χ1v) is 11.8. The monoisotopic (exact) mass is 533 g/mol. The molecule has 0 N–H and O–H groups in total. The SMILES string of the molecule is CC1(C#N)CC=C(N2C(=O)C(C)(C)N(c3ccc(CCCc4ncco4)nc3)C2=S)C(F)=C1C(F)(F)F. The molecule has 2 aromatic rings. The van der Waals surface area contributed by atoms with Gasteiger partial charge >= 0.3 is 6.18 Å². The van der Waals surface area contributed by atoms with Crippen LogP contribution in [0, 0.1) is 16.7 Å². The summed E-state index contributed by atoms with van der Waals surface area (Å²) in [6.45, 7) is 4.10. The third kappa shape index (κ3) is 4.64. The number of nitriles is 1. The number of allylic oxidation sites excluding steroid dienone is 3. The zero-order chi connectivity index (χ0) is 27.2. The lowest BCUT2D eigenvalue weighted by molar-refractivity contribution is -0.128. The predicted molar refractivity (Wildman–Crippen MR) is 129 cm³/mol. The molecular formula is C25H23F4N5O2S. The van der Waals surface area contributed by atoms with Gasteiger partial charge in [0.05, 0.1) is 40.8 Å². The molecule has 1 saturated heterocycles. The number of thiocarbonyl (C=S) groups is 1. The Labute approximate surface area is 216 Å². The third-order valence-electron chi connectivity index (χ3n) is 6.51. The summed E-state index contributed by atoms with van der Waals surface area (Å²) in [6.07, 6.45) is 2.20. The molecule has 7 nitrogen and oxygen atoms in total. The number of hydrogen-bond donors (Lipinski definition) is 0. The van der Waals surface area contributed by atoms with Crippen LogP contribution in [0.25, 0.3) is 0 Å². The Kier molecular flexibility index (Phi) is 6.71. The molecule has 0 aromatic carbocycles. The number of carbonyl (C=O) groups is 1. The highest BCUT2D eigenvalue weighted by Gasteiger charge is 2.56. The smallest absolute Gasteiger partial charge is 0.417 e. The number of amides is 1. The lowest BCUT2D eigenvalue weighted by atomic mass is 9.76. The molecule has 2 aliphatic rings. The maximum Gasteiger partial charge on any atom is 0.417 e. The summed E-state index contributed by atoms with van der Waals surface area (Å²) in [5, 5.41) is 9.16. The Hall–Kier alpha value is -3.59. The van der Waals surface area contributed by atoms with E-state index in [9.17, 15) is 23.2 Å². The number of hydrogen-bond acceptors (Lipinski definition) is 6. The first-order valence-electron chi connectivity index (χ1n) is 11.4. The van der Waals surface area contributed by atoms with Crippen molar-refractivity contribution >= 4 is 28.9 Å². The Morgan fingerprint density at radius 2 is 1.95 bits per heavy atom. The molecule has 1 unspecified atom stereocenters. The van der Waals surface area contributed by atoms with E-state index in [1.54, 1.807) is 38.2 Å². The maximum atomic E-state index is 15.4. The van der Waals surface area contributed by atoms with Crippen molar-refractivity contribution in [3.8, 4) is 6.07 Å². The van der Waals surface area contributed by atoms with E-state index in [1.807, 2.05) is 0 Å². The number of anilines is 1. The number of rotatable bonds is 6. The highest BCUT2D eigenvalue weighted by molar-refractivity contribution is 7.80. The van der Waals surface area contributed by atoms with Crippen LogP contribution >= 0.6 is 12.2 Å². The number of nitrogens with zero attached hydrogens (tertiary/aromatic N) is 5. The lowest BCUT2D eigenvalue weighted by Crippen LogP contribution is -2.44. The average Bonchev–Trinajstić information content (AvgIpc) is 3.39. The summed E-state index contributed by atoms with van der Waals surface area (Å²) >= 11 is 5.48.